The van der Waals surface area contributed by atoms with Crippen LogP contribution < -0.4 is 14.4 Å². The van der Waals surface area contributed by atoms with Crippen molar-refractivity contribution in [1.82, 2.24) is 14.5 Å². The van der Waals surface area contributed by atoms with E-state index in [0.717, 1.165) is 89.7 Å². The number of benzene rings is 6. The minimum absolute atomic E-state index is 0.487. The predicted octanol–water partition coefficient (Wildman–Crippen LogP) is 11.9. The molecule has 0 radical (unpaired) electrons. The molecule has 0 saturated heterocycles. The number of anilines is 3. The van der Waals surface area contributed by atoms with E-state index in [2.05, 4.69) is 50.7 Å². The van der Waals surface area contributed by atoms with Gasteiger partial charge in [-0.3, -0.25) is 9.97 Å². The molecule has 0 amide bonds. The van der Waals surface area contributed by atoms with Crippen molar-refractivity contribution < 1.29 is 9.47 Å². The second kappa shape index (κ2) is 11.9. The fourth-order valence-electron chi connectivity index (χ4n) is 9.36. The Kier molecular flexibility index (Phi) is 6.56. The Labute approximate surface area is 337 Å². The van der Waals surface area contributed by atoms with Gasteiger partial charge in [0.15, 0.2) is 11.4 Å². The number of rotatable bonds is 2. The van der Waals surface area contributed by atoms with Gasteiger partial charge < -0.3 is 18.9 Å². The van der Waals surface area contributed by atoms with Crippen LogP contribution in [0.5, 0.6) is 23.0 Å². The summed E-state index contributed by atoms with van der Waals surface area (Å²) < 4.78 is 15.2. The quantitative estimate of drug-likeness (QED) is 0.162. The lowest BCUT2D eigenvalue weighted by Crippen LogP contribution is -2.32. The molecule has 0 saturated carbocycles. The highest BCUT2D eigenvalue weighted by Crippen LogP contribution is 2.62. The number of para-hydroxylation sites is 4. The molecule has 0 N–H and O–H groups in total. The van der Waals surface area contributed by atoms with Crippen LogP contribution in [0.4, 0.5) is 22.7 Å². The topological polar surface area (TPSA) is 104 Å². The molecule has 0 unspecified atom stereocenters. The second-order valence-corrected chi connectivity index (χ2v) is 14.7. The Balaban J connectivity index is 1.16. The van der Waals surface area contributed by atoms with Gasteiger partial charge in [-0.25, -0.2) is 4.85 Å². The summed E-state index contributed by atoms with van der Waals surface area (Å²) >= 11 is 0. The number of ether oxygens (including phenoxy) is 2. The molecule has 6 aromatic carbocycles. The fraction of sp³-hybridized carbons (Fsp3) is 0.0200. The van der Waals surface area contributed by atoms with Gasteiger partial charge in [-0.15, -0.1) is 0 Å². The Hall–Kier alpha value is -8.71. The number of hydrogen-bond donors (Lipinski definition) is 0. The van der Waals surface area contributed by atoms with Crippen LogP contribution in [0, 0.1) is 29.2 Å². The largest absolute Gasteiger partial charge is 0.457 e. The third kappa shape index (κ3) is 4.34. The molecule has 0 bridgehead atoms. The molecule has 1 spiro atoms. The maximum atomic E-state index is 9.85. The fourth-order valence-corrected chi connectivity index (χ4v) is 9.36. The molecule has 0 fully saturated rings. The van der Waals surface area contributed by atoms with E-state index in [1.165, 1.54) is 0 Å². The Morgan fingerprint density at radius 2 is 1.08 bits per heavy atom. The Morgan fingerprint density at radius 3 is 1.71 bits per heavy atom. The lowest BCUT2D eigenvalue weighted by Gasteiger charge is -2.39. The van der Waals surface area contributed by atoms with E-state index < -0.39 is 5.41 Å². The number of nitrogens with zero attached hydrogens (tertiary/aromatic N) is 7. The Bertz CT molecular complexity index is 3360. The van der Waals surface area contributed by atoms with Crippen molar-refractivity contribution in [2.45, 2.75) is 5.41 Å². The first-order valence-corrected chi connectivity index (χ1v) is 18.9. The summed E-state index contributed by atoms with van der Waals surface area (Å²) in [5.41, 5.74) is 11.0. The lowest BCUT2D eigenvalue weighted by molar-refractivity contribution is 0.436. The summed E-state index contributed by atoms with van der Waals surface area (Å²) in [6.07, 6.45) is 3.77. The standard InChI is InChI=1S/C50H25N7O2/c1-53-31-16-19-43-47(22-31)59-46-13-7-4-10-42(46)57(43)33-24-39-49(55-28-33)48-38(50(39)36-8-2-5-11-44(36)58-45-12-6-3-9-37(45)50)23-32(27-54-48)56-40-17-14-29(25-51)20-34(40)35-21-30(26-52)15-18-41(35)56/h2-24,27-28H. The van der Waals surface area contributed by atoms with E-state index in [1.807, 2.05) is 122 Å². The van der Waals surface area contributed by atoms with E-state index in [1.54, 1.807) is 6.07 Å². The third-order valence-electron chi connectivity index (χ3n) is 11.8. The average molecular weight is 756 g/mol. The van der Waals surface area contributed by atoms with Crippen molar-refractivity contribution >= 4 is 44.6 Å². The minimum Gasteiger partial charge on any atom is -0.457 e. The molecule has 2 aliphatic heterocycles. The van der Waals surface area contributed by atoms with Gasteiger partial charge in [0.1, 0.15) is 17.2 Å². The summed E-state index contributed by atoms with van der Waals surface area (Å²) in [7, 11) is 0. The minimum atomic E-state index is -0.911. The van der Waals surface area contributed by atoms with Crippen LogP contribution >= 0.6 is 0 Å². The lowest BCUT2D eigenvalue weighted by atomic mass is 9.66. The van der Waals surface area contributed by atoms with Crippen molar-refractivity contribution in [1.29, 1.82) is 10.5 Å². The second-order valence-electron chi connectivity index (χ2n) is 14.7. The SMILES string of the molecule is [C-]#[N+]c1ccc2c(c1)Oc1ccccc1N2c1cnc2c(c1)C1(c3ccccc3Oc3ccccc31)c1cc(-n3c4ccc(C#N)cc4c4cc(C#N)ccc43)cnc1-2. The van der Waals surface area contributed by atoms with Gasteiger partial charge in [0.25, 0.3) is 0 Å². The van der Waals surface area contributed by atoms with Crippen LogP contribution in [-0.4, -0.2) is 14.5 Å². The zero-order chi connectivity index (χ0) is 39.4. The third-order valence-corrected chi connectivity index (χ3v) is 11.8. The molecule has 5 heterocycles. The van der Waals surface area contributed by atoms with E-state index in [-0.39, 0.29) is 0 Å². The molecule has 9 heteroatoms. The van der Waals surface area contributed by atoms with Gasteiger partial charge in [-0.2, -0.15) is 10.5 Å². The van der Waals surface area contributed by atoms with Gasteiger partial charge >= 0.3 is 0 Å². The van der Waals surface area contributed by atoms with Crippen molar-refractivity contribution in [2.75, 3.05) is 4.90 Å². The van der Waals surface area contributed by atoms with Gasteiger partial charge in [-0.1, -0.05) is 54.6 Å². The van der Waals surface area contributed by atoms with Gasteiger partial charge in [0.05, 0.1) is 92.8 Å². The zero-order valence-electron chi connectivity index (χ0n) is 30.9. The number of hydrogen-bond acceptors (Lipinski definition) is 7. The monoisotopic (exact) mass is 755 g/mol. The maximum Gasteiger partial charge on any atom is 0.191 e. The summed E-state index contributed by atoms with van der Waals surface area (Å²) in [5, 5.41) is 21.4. The van der Waals surface area contributed by atoms with Crippen LogP contribution in [0.15, 0.2) is 152 Å². The molecular formula is C50H25N7O2. The van der Waals surface area contributed by atoms with Gasteiger partial charge in [0, 0.05) is 33.0 Å². The highest BCUT2D eigenvalue weighted by Gasteiger charge is 2.53. The van der Waals surface area contributed by atoms with Crippen LogP contribution in [0.3, 0.4) is 0 Å². The first-order valence-electron chi connectivity index (χ1n) is 18.9. The van der Waals surface area contributed by atoms with Crippen molar-refractivity contribution in [2.24, 2.45) is 0 Å². The molecule has 272 valence electrons. The van der Waals surface area contributed by atoms with Crippen LogP contribution in [0.2, 0.25) is 0 Å². The molecule has 1 aliphatic carbocycles. The highest BCUT2D eigenvalue weighted by molar-refractivity contribution is 6.10. The zero-order valence-corrected chi connectivity index (χ0v) is 30.9. The summed E-state index contributed by atoms with van der Waals surface area (Å²) in [4.78, 5) is 16.4. The first-order chi connectivity index (χ1) is 29.1. The van der Waals surface area contributed by atoms with Crippen molar-refractivity contribution in [3.63, 3.8) is 0 Å². The molecule has 3 aromatic heterocycles. The number of fused-ring (bicyclic) bond motifs is 14. The Morgan fingerprint density at radius 1 is 0.542 bits per heavy atom. The molecule has 9 nitrogen and oxygen atoms in total. The summed E-state index contributed by atoms with van der Waals surface area (Å²) in [6.45, 7) is 7.67. The van der Waals surface area contributed by atoms with E-state index in [4.69, 9.17) is 26.0 Å². The predicted molar refractivity (Wildman–Crippen MR) is 224 cm³/mol. The average Bonchev–Trinajstić information content (AvgIpc) is 3.76. The molecule has 12 rings (SSSR count). The molecule has 3 aliphatic rings. The normalized spacial score (nSPS) is 13.4. The van der Waals surface area contributed by atoms with Crippen LogP contribution in [-0.2, 0) is 5.41 Å². The molecule has 59 heavy (non-hydrogen) atoms. The number of nitriles is 2. The maximum absolute atomic E-state index is 9.85. The highest BCUT2D eigenvalue weighted by atomic mass is 16.5. The summed E-state index contributed by atoms with van der Waals surface area (Å²) in [5.74, 6) is 2.72. The number of pyridine rings is 2. The van der Waals surface area contributed by atoms with E-state index in [0.29, 0.717) is 28.3 Å². The summed E-state index contributed by atoms with van der Waals surface area (Å²) in [6, 6.07) is 50.0. The van der Waals surface area contributed by atoms with Crippen molar-refractivity contribution in [3.05, 3.63) is 197 Å². The van der Waals surface area contributed by atoms with Gasteiger partial charge in [-0.05, 0) is 84.9 Å². The molecule has 0 atom stereocenters. The first kappa shape index (κ1) is 32.5. The van der Waals surface area contributed by atoms with Crippen LogP contribution in [0.25, 0.3) is 43.7 Å². The molecule has 9 aromatic rings. The number of aromatic nitrogens is 3. The van der Waals surface area contributed by atoms with Crippen LogP contribution in [0.1, 0.15) is 33.4 Å². The molecular weight excluding hydrogens is 731 g/mol. The smallest absolute Gasteiger partial charge is 0.191 e. The van der Waals surface area contributed by atoms with Gasteiger partial charge in [0.2, 0.25) is 0 Å². The van der Waals surface area contributed by atoms with Crippen molar-refractivity contribution in [3.8, 4) is 52.2 Å². The van der Waals surface area contributed by atoms with E-state index in [9.17, 15) is 10.5 Å². The van der Waals surface area contributed by atoms with E-state index >= 15 is 0 Å².